The van der Waals surface area contributed by atoms with Gasteiger partial charge in [0.05, 0.1) is 0 Å². The molecule has 0 unspecified atom stereocenters. The number of likely N-dealkylation sites (tertiary alicyclic amines) is 1. The molecule has 0 aliphatic carbocycles. The van der Waals surface area contributed by atoms with E-state index in [1.54, 1.807) is 0 Å². The Morgan fingerprint density at radius 3 is 2.22 bits per heavy atom. The van der Waals surface area contributed by atoms with E-state index in [-0.39, 0.29) is 17.7 Å². The van der Waals surface area contributed by atoms with Gasteiger partial charge in [0.25, 0.3) is 0 Å². The smallest absolute Gasteiger partial charge is 0.245 e. The molecule has 0 radical (unpaired) electrons. The van der Waals surface area contributed by atoms with Crippen molar-refractivity contribution in [3.63, 3.8) is 0 Å². The summed E-state index contributed by atoms with van der Waals surface area (Å²) in [6.45, 7) is 9.65. The zero-order valence-corrected chi connectivity index (χ0v) is 17.8. The molecule has 2 amide bonds. The first-order chi connectivity index (χ1) is 12.8. The SMILES string of the molecule is CC(C)CCC(=O)N[C@@H](C(=O)N1CCC(c2ccc(Cl)cc2)CC1)C(C)C. The minimum atomic E-state index is -0.434. The number of nitrogens with zero attached hydrogens (tertiary/aromatic N) is 1. The van der Waals surface area contributed by atoms with Gasteiger partial charge in [0.2, 0.25) is 11.8 Å². The molecule has 0 bridgehead atoms. The van der Waals surface area contributed by atoms with Crippen molar-refractivity contribution in [3.05, 3.63) is 34.9 Å². The molecule has 1 saturated heterocycles. The highest BCUT2D eigenvalue weighted by molar-refractivity contribution is 6.30. The highest BCUT2D eigenvalue weighted by Crippen LogP contribution is 2.29. The van der Waals surface area contributed by atoms with Crippen LogP contribution in [-0.2, 0) is 9.59 Å². The fourth-order valence-electron chi connectivity index (χ4n) is 3.54. The highest BCUT2D eigenvalue weighted by atomic mass is 35.5. The second-order valence-electron chi connectivity index (χ2n) is 8.37. The van der Waals surface area contributed by atoms with Crippen LogP contribution in [0.1, 0.15) is 64.9 Å². The summed E-state index contributed by atoms with van der Waals surface area (Å²) in [6, 6.07) is 7.58. The van der Waals surface area contributed by atoms with Gasteiger partial charge < -0.3 is 10.2 Å². The van der Waals surface area contributed by atoms with Crippen LogP contribution in [0.15, 0.2) is 24.3 Å². The molecular weight excluding hydrogens is 360 g/mol. The first-order valence-corrected chi connectivity index (χ1v) is 10.5. The van der Waals surface area contributed by atoms with Crippen molar-refractivity contribution in [1.82, 2.24) is 10.2 Å². The van der Waals surface area contributed by atoms with E-state index in [1.165, 1.54) is 5.56 Å². The van der Waals surface area contributed by atoms with Gasteiger partial charge >= 0.3 is 0 Å². The van der Waals surface area contributed by atoms with Crippen LogP contribution < -0.4 is 5.32 Å². The van der Waals surface area contributed by atoms with Crippen LogP contribution in [0.3, 0.4) is 0 Å². The molecule has 1 aromatic rings. The van der Waals surface area contributed by atoms with Gasteiger partial charge in [0, 0.05) is 24.5 Å². The predicted octanol–water partition coefficient (Wildman–Crippen LogP) is 4.62. The summed E-state index contributed by atoms with van der Waals surface area (Å²) in [7, 11) is 0. The van der Waals surface area contributed by atoms with E-state index in [2.05, 4.69) is 31.3 Å². The average molecular weight is 393 g/mol. The molecule has 1 aliphatic rings. The molecular formula is C22H33ClN2O2. The Labute approximate surface area is 168 Å². The second kappa shape index (κ2) is 10.1. The first-order valence-electron chi connectivity index (χ1n) is 10.1. The molecule has 2 rings (SSSR count). The summed E-state index contributed by atoms with van der Waals surface area (Å²) in [5.74, 6) is 1.05. The van der Waals surface area contributed by atoms with Crippen LogP contribution in [0.4, 0.5) is 0 Å². The third-order valence-electron chi connectivity index (χ3n) is 5.35. The minimum absolute atomic E-state index is 0.0215. The molecule has 0 aromatic heterocycles. The number of hydrogen-bond acceptors (Lipinski definition) is 2. The van der Waals surface area contributed by atoms with Crippen molar-refractivity contribution in [2.75, 3.05) is 13.1 Å². The lowest BCUT2D eigenvalue weighted by molar-refractivity contribution is -0.138. The number of rotatable bonds is 7. The van der Waals surface area contributed by atoms with Crippen LogP contribution in [0.2, 0.25) is 5.02 Å². The molecule has 1 N–H and O–H groups in total. The van der Waals surface area contributed by atoms with E-state index in [4.69, 9.17) is 11.6 Å². The van der Waals surface area contributed by atoms with Crippen molar-refractivity contribution < 1.29 is 9.59 Å². The molecule has 150 valence electrons. The van der Waals surface area contributed by atoms with E-state index in [1.807, 2.05) is 30.9 Å². The predicted molar refractivity (Wildman–Crippen MR) is 111 cm³/mol. The zero-order chi connectivity index (χ0) is 20.0. The van der Waals surface area contributed by atoms with Gasteiger partial charge in [-0.25, -0.2) is 0 Å². The van der Waals surface area contributed by atoms with Crippen LogP contribution >= 0.6 is 11.6 Å². The van der Waals surface area contributed by atoms with E-state index in [9.17, 15) is 9.59 Å². The Morgan fingerprint density at radius 2 is 1.70 bits per heavy atom. The summed E-state index contributed by atoms with van der Waals surface area (Å²) >= 11 is 5.97. The fraction of sp³-hybridized carbons (Fsp3) is 0.636. The molecule has 0 saturated carbocycles. The quantitative estimate of drug-likeness (QED) is 0.735. The Balaban J connectivity index is 1.91. The minimum Gasteiger partial charge on any atom is -0.344 e. The lowest BCUT2D eigenvalue weighted by Crippen LogP contribution is -2.52. The van der Waals surface area contributed by atoms with Gasteiger partial charge in [-0.3, -0.25) is 9.59 Å². The number of carbonyl (C=O) groups is 2. The molecule has 1 aliphatic heterocycles. The lowest BCUT2D eigenvalue weighted by atomic mass is 9.89. The van der Waals surface area contributed by atoms with Crippen LogP contribution in [-0.4, -0.2) is 35.8 Å². The van der Waals surface area contributed by atoms with Gasteiger partial charge in [0.1, 0.15) is 6.04 Å². The number of piperidine rings is 1. The number of halogens is 1. The molecule has 27 heavy (non-hydrogen) atoms. The maximum atomic E-state index is 13.0. The average Bonchev–Trinajstić information content (AvgIpc) is 2.64. The van der Waals surface area contributed by atoms with E-state index >= 15 is 0 Å². The Morgan fingerprint density at radius 1 is 1.11 bits per heavy atom. The van der Waals surface area contributed by atoms with Crippen molar-refractivity contribution >= 4 is 23.4 Å². The van der Waals surface area contributed by atoms with E-state index < -0.39 is 6.04 Å². The third kappa shape index (κ3) is 6.53. The molecule has 0 spiro atoms. The standard InChI is InChI=1S/C22H33ClN2O2/c1-15(2)5-10-20(26)24-21(16(3)4)22(27)25-13-11-18(12-14-25)17-6-8-19(23)9-7-17/h6-9,15-16,18,21H,5,10-14H2,1-4H3,(H,24,26)/t21-/m1/s1. The monoisotopic (exact) mass is 392 g/mol. The summed E-state index contributed by atoms with van der Waals surface area (Å²) in [5.41, 5.74) is 1.29. The second-order valence-corrected chi connectivity index (χ2v) is 8.81. The molecule has 5 heteroatoms. The zero-order valence-electron chi connectivity index (χ0n) is 17.0. The molecule has 4 nitrogen and oxygen atoms in total. The Bertz CT molecular complexity index is 620. The van der Waals surface area contributed by atoms with Gasteiger partial charge in [-0.2, -0.15) is 0 Å². The maximum absolute atomic E-state index is 13.0. The maximum Gasteiger partial charge on any atom is 0.245 e. The largest absolute Gasteiger partial charge is 0.344 e. The molecule has 1 fully saturated rings. The highest BCUT2D eigenvalue weighted by Gasteiger charge is 2.31. The van der Waals surface area contributed by atoms with Gasteiger partial charge in [-0.15, -0.1) is 0 Å². The summed E-state index contributed by atoms with van der Waals surface area (Å²) < 4.78 is 0. The third-order valence-corrected chi connectivity index (χ3v) is 5.60. The Kier molecular flexibility index (Phi) is 8.15. The van der Waals surface area contributed by atoms with Crippen molar-refractivity contribution in [2.24, 2.45) is 11.8 Å². The van der Waals surface area contributed by atoms with Crippen LogP contribution in [0.25, 0.3) is 0 Å². The number of benzene rings is 1. The van der Waals surface area contributed by atoms with Crippen LogP contribution in [0.5, 0.6) is 0 Å². The normalized spacial score (nSPS) is 16.6. The Hall–Kier alpha value is -1.55. The topological polar surface area (TPSA) is 49.4 Å². The summed E-state index contributed by atoms with van der Waals surface area (Å²) in [5, 5.41) is 3.72. The number of amides is 2. The van der Waals surface area contributed by atoms with Crippen molar-refractivity contribution in [3.8, 4) is 0 Å². The summed E-state index contributed by atoms with van der Waals surface area (Å²) in [4.78, 5) is 27.1. The number of hydrogen-bond donors (Lipinski definition) is 1. The molecule has 1 aromatic carbocycles. The van der Waals surface area contributed by atoms with Crippen molar-refractivity contribution in [1.29, 1.82) is 0 Å². The molecule has 1 atom stereocenters. The van der Waals surface area contributed by atoms with Gasteiger partial charge in [0.15, 0.2) is 0 Å². The lowest BCUT2D eigenvalue weighted by Gasteiger charge is -2.35. The van der Waals surface area contributed by atoms with E-state index in [0.29, 0.717) is 18.3 Å². The molecule has 1 heterocycles. The number of nitrogens with one attached hydrogen (secondary N) is 1. The van der Waals surface area contributed by atoms with Crippen LogP contribution in [0, 0.1) is 11.8 Å². The first kappa shape index (κ1) is 21.7. The fourth-order valence-corrected chi connectivity index (χ4v) is 3.67. The van der Waals surface area contributed by atoms with Gasteiger partial charge in [-0.1, -0.05) is 51.4 Å². The number of carbonyl (C=O) groups excluding carboxylic acids is 2. The summed E-state index contributed by atoms with van der Waals surface area (Å²) in [6.07, 6.45) is 3.21. The van der Waals surface area contributed by atoms with Crippen molar-refractivity contribution in [2.45, 2.75) is 65.3 Å². The van der Waals surface area contributed by atoms with E-state index in [0.717, 1.165) is 37.4 Å². The van der Waals surface area contributed by atoms with Gasteiger partial charge in [-0.05, 0) is 54.7 Å².